The van der Waals surface area contributed by atoms with E-state index in [1.165, 1.54) is 31.2 Å². The number of benzene rings is 8. The number of anilines is 4. The second-order valence-corrected chi connectivity index (χ2v) is 37.8. The van der Waals surface area contributed by atoms with Crippen molar-refractivity contribution in [2.45, 2.75) is 183 Å². The summed E-state index contributed by atoms with van der Waals surface area (Å²) in [6.07, 6.45) is -2.28. The molecule has 4 N–H and O–H groups in total. The van der Waals surface area contributed by atoms with Crippen molar-refractivity contribution < 1.29 is 120 Å². The zero-order valence-corrected chi connectivity index (χ0v) is 76.5. The number of fused-ring (bicyclic) bond motifs is 16. The van der Waals surface area contributed by atoms with Crippen LogP contribution in [0, 0.1) is 43.3 Å². The molecule has 4 aromatic heterocycles. The number of ether oxygens (including phenoxy) is 8. The fourth-order valence-corrected chi connectivity index (χ4v) is 20.8. The summed E-state index contributed by atoms with van der Waals surface area (Å²) in [7, 11) is 0. The van der Waals surface area contributed by atoms with Crippen LogP contribution in [0.1, 0.15) is 170 Å². The van der Waals surface area contributed by atoms with Gasteiger partial charge in [-0.2, -0.15) is 39.5 Å². The average Bonchev–Trinajstić information content (AvgIpc) is 1.57. The van der Waals surface area contributed by atoms with E-state index in [1.807, 2.05) is 104 Å². The monoisotopic (exact) mass is 1950 g/mol. The number of carbonyl (C=O) groups excluding carboxylic acids is 8. The van der Waals surface area contributed by atoms with E-state index >= 15 is 0 Å². The maximum Gasteiger partial charge on any atom is 0.419 e. The lowest BCUT2D eigenvalue weighted by Gasteiger charge is -2.19. The number of rotatable bonds is 24. The van der Waals surface area contributed by atoms with Gasteiger partial charge in [-0.3, -0.25) is 38.4 Å². The molecule has 12 aromatic rings. The number of nitrogens with one attached hydrogen (secondary N) is 4. The Labute approximate surface area is 810 Å². The van der Waals surface area contributed by atoms with Gasteiger partial charge in [0.15, 0.2) is 0 Å². The number of Topliss-reactive ketones (excluding diaryl/α,β-unsaturated/α-hetero) is 4. The molecule has 8 aromatic carbocycles. The average molecular weight is 1960 g/mol. The lowest BCUT2D eigenvalue weighted by Crippen LogP contribution is -2.20. The SMILES string of the molecule is Cc1ccc(CC(=O)C[C@@H]2[C@H]3Oc4ccc(Oc5ccnc6c5CCC(=O)N6)cc4[C@@H]23)cc1C(F)(F)F.Cc1ccccc1CC(=O)C[C@@H]1[C@H]2Oc3ccc(Oc4ccnc5c4CCC(=O)N5)cc3[C@@H]12.O=C(Cc1ccc(C(F)(F)F)cc1)C[C@@H]1[C@H]2Oc3ccc(Oc4ccnc5c4CCC(=O)N5)cc3[C@@H]12.O=C(Cc1ccc(F)c(C(F)(F)F)c1)C[C@@H]1[C@H]2Oc3ccc(Oc4ccnc5c4CCC(=O)N5)cc3[C@@H]12. The highest BCUT2D eigenvalue weighted by Gasteiger charge is 2.62. The highest BCUT2D eigenvalue weighted by atomic mass is 19.4. The van der Waals surface area contributed by atoms with Gasteiger partial charge in [-0.15, -0.1) is 0 Å². The first kappa shape index (κ1) is 93.9. The summed E-state index contributed by atoms with van der Waals surface area (Å²) < 4.78 is 179. The number of amides is 4. The van der Waals surface area contributed by atoms with E-state index < -0.39 is 41.0 Å². The molecule has 4 saturated carbocycles. The molecule has 12 atom stereocenters. The molecule has 4 amide bonds. The van der Waals surface area contributed by atoms with Crippen LogP contribution in [0.2, 0.25) is 0 Å². The van der Waals surface area contributed by atoms with Crippen molar-refractivity contribution in [2.75, 3.05) is 21.3 Å². The zero-order valence-electron chi connectivity index (χ0n) is 76.5. The van der Waals surface area contributed by atoms with E-state index in [4.69, 9.17) is 37.9 Å². The molecule has 8 aliphatic heterocycles. The Morgan fingerprint density at radius 2 is 0.643 bits per heavy atom. The Morgan fingerprint density at radius 1 is 0.336 bits per heavy atom. The van der Waals surface area contributed by atoms with E-state index in [0.717, 1.165) is 103 Å². The number of halogens is 10. The summed E-state index contributed by atoms with van der Waals surface area (Å²) >= 11 is 0. The molecular formula is C109H88F10N8O16. The van der Waals surface area contributed by atoms with E-state index in [9.17, 15) is 82.3 Å². The molecule has 0 bridgehead atoms. The summed E-state index contributed by atoms with van der Waals surface area (Å²) in [6, 6.07) is 49.1. The fourth-order valence-electron chi connectivity index (χ4n) is 20.8. The minimum Gasteiger partial charge on any atom is -0.489 e. The predicted octanol–water partition coefficient (Wildman–Crippen LogP) is 21.6. The molecule has 0 spiro atoms. The van der Waals surface area contributed by atoms with Crippen LogP contribution < -0.4 is 59.2 Å². The molecule has 4 aliphatic carbocycles. The van der Waals surface area contributed by atoms with Gasteiger partial charge in [0, 0.05) is 194 Å². The third-order valence-corrected chi connectivity index (χ3v) is 28.1. The maximum absolute atomic E-state index is 13.5. The number of alkyl halides is 9. The number of ketones is 4. The van der Waals surface area contributed by atoms with Crippen molar-refractivity contribution in [1.82, 2.24) is 19.9 Å². The van der Waals surface area contributed by atoms with E-state index in [0.29, 0.717) is 157 Å². The van der Waals surface area contributed by atoms with Crippen LogP contribution in [0.15, 0.2) is 207 Å². The number of aromatic nitrogens is 4. The Hall–Kier alpha value is -15.4. The minimum absolute atomic E-state index is 0.00732. The Kier molecular flexibility index (Phi) is 24.7. The number of pyridine rings is 4. The summed E-state index contributed by atoms with van der Waals surface area (Å²) in [5, 5.41) is 11.1. The van der Waals surface area contributed by atoms with Crippen LogP contribution in [0.25, 0.3) is 0 Å². The van der Waals surface area contributed by atoms with Crippen molar-refractivity contribution in [3.8, 4) is 69.0 Å². The van der Waals surface area contributed by atoms with E-state index in [-0.39, 0.29) is 162 Å². The fraction of sp³-hybridized carbons (Fsp3) is 0.303. The van der Waals surface area contributed by atoms with Gasteiger partial charge >= 0.3 is 18.5 Å². The molecular weight excluding hydrogens is 1870 g/mol. The maximum atomic E-state index is 13.5. The standard InChI is InChI=1S/C28H23F3N2O4.C27H20F4N2O4.C27H21F3N2O4.C27H24N2O4/c1-14-2-3-15(11-21(14)28(29,30)31)10-16(34)12-20-25-19-13-17(4-6-22(19)37-26(20)25)36-23-8-9-32-27-18(23)5-7-24(35)33-27;28-20-4-1-13(10-19(20)27(29,30)31)9-14(34)11-18-24-17-12-15(2-5-21(17)37-25(18)24)36-22-7-8-32-26-16(22)3-6-23(35)33-26;28-27(29,30)15-3-1-14(2-4-15)11-16(33)12-20-24-19-13-17(5-7-21(19)36-25(20)24)35-22-9-10-31-26-18(22)6-8-23(34)32-26;1-15-4-2-3-5-16(15)12-17(30)13-21-25-20-14-18(6-8-22(20)33-26(21)25)32-23-10-11-28-27-19(23)7-9-24(31)29-27/h2-4,6,8-9,11,13,20,25-26H,5,7,10,12H2,1H3,(H,32,33,35);1-2,4-5,7-8,10,12,18,24-25H,3,6,9,11H2,(H,32,33,35);1-5,7,9-10,13,20,24-25H,6,8,11-12H2,(H,31,32,34);2-6,8,10-11,14,21,25-26H,7,9,12-13H2,1H3,(H,28,29,31)/t20-,25-,26+;18-,24-,25+;20-,24-,25+;21-,25-,26+/m0000/s1. The normalized spacial score (nSPS) is 21.5. The van der Waals surface area contributed by atoms with Gasteiger partial charge in [0.2, 0.25) is 23.6 Å². The third-order valence-electron chi connectivity index (χ3n) is 28.1. The number of hydrogen-bond donors (Lipinski definition) is 4. The first-order valence-electron chi connectivity index (χ1n) is 47.0. The number of hydrogen-bond acceptors (Lipinski definition) is 20. The van der Waals surface area contributed by atoms with Gasteiger partial charge in [-0.05, 0) is 200 Å². The Bertz CT molecular complexity index is 7000. The Balaban J connectivity index is 0.000000113. The van der Waals surface area contributed by atoms with Gasteiger partial charge in [-0.1, -0.05) is 54.6 Å². The number of nitrogens with zero attached hydrogens (tertiary/aromatic N) is 4. The van der Waals surface area contributed by atoms with Gasteiger partial charge in [0.05, 0.1) is 16.7 Å². The topological polar surface area (TPSA) is 310 Å². The van der Waals surface area contributed by atoms with Crippen molar-refractivity contribution in [3.05, 3.63) is 307 Å². The van der Waals surface area contributed by atoms with Crippen LogP contribution in [-0.2, 0) is 108 Å². The molecule has 730 valence electrons. The van der Waals surface area contributed by atoms with Crippen molar-refractivity contribution in [3.63, 3.8) is 0 Å². The summed E-state index contributed by atoms with van der Waals surface area (Å²) in [6.45, 7) is 3.46. The van der Waals surface area contributed by atoms with Gasteiger partial charge in [-0.25, -0.2) is 24.3 Å². The van der Waals surface area contributed by atoms with Gasteiger partial charge in [0.25, 0.3) is 0 Å². The first-order chi connectivity index (χ1) is 68.7. The lowest BCUT2D eigenvalue weighted by molar-refractivity contribution is -0.140. The molecule has 0 radical (unpaired) electrons. The van der Waals surface area contributed by atoms with Crippen LogP contribution in [0.5, 0.6) is 69.0 Å². The quantitative estimate of drug-likeness (QED) is 0.0408. The highest BCUT2D eigenvalue weighted by molar-refractivity contribution is 5.96. The smallest absolute Gasteiger partial charge is 0.419 e. The van der Waals surface area contributed by atoms with Crippen molar-refractivity contribution in [1.29, 1.82) is 0 Å². The highest BCUT2D eigenvalue weighted by Crippen LogP contribution is 2.65. The van der Waals surface area contributed by atoms with Crippen LogP contribution in [0.4, 0.5) is 67.2 Å². The molecule has 4 fully saturated rings. The van der Waals surface area contributed by atoms with E-state index in [2.05, 4.69) is 41.2 Å². The zero-order chi connectivity index (χ0) is 99.3. The second kappa shape index (κ2) is 37.6. The predicted molar refractivity (Wildman–Crippen MR) is 497 cm³/mol. The molecule has 0 saturated heterocycles. The van der Waals surface area contributed by atoms with Crippen molar-refractivity contribution in [2.24, 2.45) is 23.7 Å². The molecule has 24 nitrogen and oxygen atoms in total. The van der Waals surface area contributed by atoms with Gasteiger partial charge in [0.1, 0.15) is 146 Å². The summed E-state index contributed by atoms with van der Waals surface area (Å²) in [5.74, 6) is 9.13. The van der Waals surface area contributed by atoms with Crippen LogP contribution >= 0.6 is 0 Å². The molecule has 12 heterocycles. The third kappa shape index (κ3) is 20.0. The Morgan fingerprint density at radius 3 is 0.972 bits per heavy atom. The minimum atomic E-state index is -4.82. The molecule has 34 heteroatoms. The molecule has 24 rings (SSSR count). The molecule has 143 heavy (non-hydrogen) atoms. The van der Waals surface area contributed by atoms with E-state index in [1.54, 1.807) is 55.1 Å². The lowest BCUT2D eigenvalue weighted by atomic mass is 9.98. The molecule has 12 aliphatic rings. The summed E-state index contributed by atoms with van der Waals surface area (Å²) in [4.78, 5) is 114. The number of aryl methyl sites for hydroxylation is 2. The summed E-state index contributed by atoms with van der Waals surface area (Å²) in [5.41, 5.74) is 8.05. The first-order valence-corrected chi connectivity index (χ1v) is 47.0. The van der Waals surface area contributed by atoms with Crippen LogP contribution in [0.3, 0.4) is 0 Å². The number of carbonyl (C=O) groups is 8. The molecule has 0 unspecified atom stereocenters. The largest absolute Gasteiger partial charge is 0.489 e. The second-order valence-electron chi connectivity index (χ2n) is 37.8. The van der Waals surface area contributed by atoms with Crippen molar-refractivity contribution >= 4 is 70.0 Å². The van der Waals surface area contributed by atoms with Crippen LogP contribution in [-0.4, -0.2) is 91.1 Å². The van der Waals surface area contributed by atoms with Gasteiger partial charge < -0.3 is 59.2 Å².